The van der Waals surface area contributed by atoms with Crippen LogP contribution in [0.15, 0.2) is 12.7 Å². The van der Waals surface area contributed by atoms with Gasteiger partial charge >= 0.3 is 0 Å². The van der Waals surface area contributed by atoms with Crippen molar-refractivity contribution in [2.24, 2.45) is 5.73 Å². The van der Waals surface area contributed by atoms with Gasteiger partial charge in [0.1, 0.15) is 18.5 Å². The number of aliphatic hydroxyl groups is 2. The van der Waals surface area contributed by atoms with Gasteiger partial charge in [-0.05, 0) is 0 Å². The Balaban J connectivity index is 2.04. The summed E-state index contributed by atoms with van der Waals surface area (Å²) in [6.07, 6.45) is 0.676. The first-order valence-corrected chi connectivity index (χ1v) is 6.59. The van der Waals surface area contributed by atoms with Gasteiger partial charge in [0, 0.05) is 14.1 Å². The summed E-state index contributed by atoms with van der Waals surface area (Å²) in [6.45, 7) is -0.251. The van der Waals surface area contributed by atoms with Crippen LogP contribution >= 0.6 is 0 Å². The topological polar surface area (TPSA) is 123 Å². The Hall–Kier alpha value is -1.81. The number of rotatable bonds is 3. The molecule has 0 bridgehead atoms. The number of hydrogen-bond donors (Lipinski definition) is 3. The molecule has 0 aliphatic carbocycles. The largest absolute Gasteiger partial charge is 0.394 e. The highest BCUT2D eigenvalue weighted by molar-refractivity contribution is 5.83. The van der Waals surface area contributed by atoms with Gasteiger partial charge in [-0.25, -0.2) is 15.0 Å². The fourth-order valence-corrected chi connectivity index (χ4v) is 2.51. The van der Waals surface area contributed by atoms with Crippen LogP contribution in [-0.2, 0) is 4.74 Å². The minimum atomic E-state index is -0.947. The van der Waals surface area contributed by atoms with Crippen molar-refractivity contribution in [1.82, 2.24) is 19.5 Å². The summed E-state index contributed by atoms with van der Waals surface area (Å²) in [5, 5.41) is 19.4. The molecule has 0 aromatic carbocycles. The molecule has 0 amide bonds. The second-order valence-electron chi connectivity index (χ2n) is 5.23. The molecule has 3 rings (SSSR count). The lowest BCUT2D eigenvalue weighted by atomic mass is 10.1. The number of ether oxygens (including phenoxy) is 1. The standard InChI is InChI=1S/C12H18N6O3/c1-17(2)10-8-11(15-4-14-10)18(5-16-8)12-9(20)7(13)6(3-19)21-12/h4-7,9,12,19-20H,3,13H2,1-2H3/t6-,7?,9-,12-/m1/s1. The average Bonchev–Trinajstić information content (AvgIpc) is 3.01. The Bertz CT molecular complexity index is 645. The summed E-state index contributed by atoms with van der Waals surface area (Å²) in [4.78, 5) is 14.5. The van der Waals surface area contributed by atoms with E-state index in [4.69, 9.17) is 10.5 Å². The molecule has 2 aromatic heterocycles. The molecule has 3 heterocycles. The van der Waals surface area contributed by atoms with E-state index in [2.05, 4.69) is 15.0 Å². The minimum absolute atomic E-state index is 0.251. The Morgan fingerprint density at radius 3 is 2.76 bits per heavy atom. The molecule has 1 fully saturated rings. The van der Waals surface area contributed by atoms with Gasteiger partial charge in [0.25, 0.3) is 0 Å². The van der Waals surface area contributed by atoms with Crippen molar-refractivity contribution in [3.63, 3.8) is 0 Å². The third-order valence-electron chi connectivity index (χ3n) is 3.65. The minimum Gasteiger partial charge on any atom is -0.394 e. The third kappa shape index (κ3) is 2.14. The summed E-state index contributed by atoms with van der Waals surface area (Å²) >= 11 is 0. The molecule has 2 aromatic rings. The number of fused-ring (bicyclic) bond motifs is 1. The van der Waals surface area contributed by atoms with Crippen LogP contribution in [-0.4, -0.2) is 68.7 Å². The lowest BCUT2D eigenvalue weighted by Crippen LogP contribution is -2.41. The van der Waals surface area contributed by atoms with Crippen LogP contribution in [0, 0.1) is 0 Å². The smallest absolute Gasteiger partial charge is 0.167 e. The van der Waals surface area contributed by atoms with E-state index in [9.17, 15) is 10.2 Å². The highest BCUT2D eigenvalue weighted by Gasteiger charge is 2.42. The molecule has 114 valence electrons. The highest BCUT2D eigenvalue weighted by atomic mass is 16.5. The van der Waals surface area contributed by atoms with Gasteiger partial charge in [-0.15, -0.1) is 0 Å². The molecule has 1 aliphatic rings. The zero-order valence-corrected chi connectivity index (χ0v) is 11.8. The van der Waals surface area contributed by atoms with Crippen LogP contribution in [0.1, 0.15) is 6.23 Å². The molecule has 9 heteroatoms. The lowest BCUT2D eigenvalue weighted by Gasteiger charge is -2.17. The van der Waals surface area contributed by atoms with Crippen molar-refractivity contribution >= 4 is 17.0 Å². The molecular weight excluding hydrogens is 276 g/mol. The van der Waals surface area contributed by atoms with Crippen LogP contribution in [0.5, 0.6) is 0 Å². The predicted molar refractivity (Wildman–Crippen MR) is 74.6 cm³/mol. The highest BCUT2D eigenvalue weighted by Crippen LogP contribution is 2.31. The molecule has 0 spiro atoms. The van der Waals surface area contributed by atoms with E-state index in [1.54, 1.807) is 4.57 Å². The van der Waals surface area contributed by atoms with Gasteiger partial charge in [-0.2, -0.15) is 0 Å². The summed E-state index contributed by atoms with van der Waals surface area (Å²) < 4.78 is 7.23. The van der Waals surface area contributed by atoms with E-state index in [0.717, 1.165) is 0 Å². The Morgan fingerprint density at radius 1 is 1.38 bits per heavy atom. The molecule has 9 nitrogen and oxygen atoms in total. The van der Waals surface area contributed by atoms with Crippen LogP contribution in [0.2, 0.25) is 0 Å². The van der Waals surface area contributed by atoms with Crippen molar-refractivity contribution < 1.29 is 14.9 Å². The van der Waals surface area contributed by atoms with E-state index >= 15 is 0 Å². The van der Waals surface area contributed by atoms with Crippen molar-refractivity contribution in [3.8, 4) is 0 Å². The maximum Gasteiger partial charge on any atom is 0.167 e. The van der Waals surface area contributed by atoms with Crippen LogP contribution in [0.3, 0.4) is 0 Å². The SMILES string of the molecule is CN(C)c1ncnc2c1ncn2[C@@H]1O[C@H](CO)C(N)[C@H]1O. The zero-order valence-electron chi connectivity index (χ0n) is 11.8. The number of nitrogens with two attached hydrogens (primary N) is 1. The van der Waals surface area contributed by atoms with Gasteiger partial charge in [-0.1, -0.05) is 0 Å². The van der Waals surface area contributed by atoms with Gasteiger partial charge in [0.2, 0.25) is 0 Å². The Morgan fingerprint density at radius 2 is 2.14 bits per heavy atom. The molecule has 0 saturated carbocycles. The normalized spacial score (nSPS) is 29.2. The number of aromatic nitrogens is 4. The van der Waals surface area contributed by atoms with Crippen LogP contribution in [0.4, 0.5) is 5.82 Å². The number of nitrogens with zero attached hydrogens (tertiary/aromatic N) is 5. The number of imidazole rings is 1. The predicted octanol–water partition coefficient (Wildman–Crippen LogP) is -1.53. The summed E-state index contributed by atoms with van der Waals surface area (Å²) in [6, 6.07) is -0.660. The summed E-state index contributed by atoms with van der Waals surface area (Å²) in [5.41, 5.74) is 7.00. The maximum atomic E-state index is 10.2. The molecule has 21 heavy (non-hydrogen) atoms. The van der Waals surface area contributed by atoms with E-state index in [0.29, 0.717) is 17.0 Å². The van der Waals surface area contributed by atoms with Gasteiger partial charge in [-0.3, -0.25) is 4.57 Å². The average molecular weight is 294 g/mol. The third-order valence-corrected chi connectivity index (χ3v) is 3.65. The lowest BCUT2D eigenvalue weighted by molar-refractivity contribution is -0.0488. The second kappa shape index (κ2) is 5.19. The van der Waals surface area contributed by atoms with E-state index in [-0.39, 0.29) is 6.61 Å². The monoisotopic (exact) mass is 294 g/mol. The molecular formula is C12H18N6O3. The van der Waals surface area contributed by atoms with E-state index in [1.807, 2.05) is 19.0 Å². The van der Waals surface area contributed by atoms with Crippen LogP contribution < -0.4 is 10.6 Å². The first kappa shape index (κ1) is 14.1. The van der Waals surface area contributed by atoms with Crippen molar-refractivity contribution in [1.29, 1.82) is 0 Å². The molecule has 1 aliphatic heterocycles. The number of aliphatic hydroxyl groups excluding tert-OH is 2. The van der Waals surface area contributed by atoms with E-state index < -0.39 is 24.5 Å². The van der Waals surface area contributed by atoms with Crippen molar-refractivity contribution in [2.75, 3.05) is 25.6 Å². The fourth-order valence-electron chi connectivity index (χ4n) is 2.51. The van der Waals surface area contributed by atoms with Crippen molar-refractivity contribution in [3.05, 3.63) is 12.7 Å². The van der Waals surface area contributed by atoms with Gasteiger partial charge in [0.15, 0.2) is 23.2 Å². The Labute approximate surface area is 121 Å². The first-order chi connectivity index (χ1) is 10.0. The first-order valence-electron chi connectivity index (χ1n) is 6.59. The summed E-state index contributed by atoms with van der Waals surface area (Å²) in [5.74, 6) is 0.675. The Kier molecular flexibility index (Phi) is 3.49. The van der Waals surface area contributed by atoms with E-state index in [1.165, 1.54) is 12.7 Å². The fraction of sp³-hybridized carbons (Fsp3) is 0.583. The summed E-state index contributed by atoms with van der Waals surface area (Å²) in [7, 11) is 3.72. The number of hydrogen-bond acceptors (Lipinski definition) is 8. The quantitative estimate of drug-likeness (QED) is 0.623. The molecule has 4 atom stereocenters. The molecule has 4 N–H and O–H groups in total. The van der Waals surface area contributed by atoms with Gasteiger partial charge < -0.3 is 25.6 Å². The number of anilines is 1. The molecule has 0 radical (unpaired) electrons. The second-order valence-corrected chi connectivity index (χ2v) is 5.23. The maximum absolute atomic E-state index is 10.2. The van der Waals surface area contributed by atoms with Crippen molar-refractivity contribution in [2.45, 2.75) is 24.5 Å². The van der Waals surface area contributed by atoms with Crippen LogP contribution in [0.25, 0.3) is 11.2 Å². The molecule has 1 saturated heterocycles. The van der Waals surface area contributed by atoms with Gasteiger partial charge in [0.05, 0.1) is 19.0 Å². The zero-order chi connectivity index (χ0) is 15.1. The molecule has 1 unspecified atom stereocenters.